The molecule has 1 amide bonds. The van der Waals surface area contributed by atoms with Gasteiger partial charge in [0.05, 0.1) is 35.7 Å². The fourth-order valence-corrected chi connectivity index (χ4v) is 3.77. The van der Waals surface area contributed by atoms with Crippen molar-refractivity contribution < 1.29 is 13.9 Å². The summed E-state index contributed by atoms with van der Waals surface area (Å²) in [6.07, 6.45) is 3.94. The highest BCUT2D eigenvalue weighted by atomic mass is 32.1. The fourth-order valence-electron chi connectivity index (χ4n) is 2.72. The topological polar surface area (TPSA) is 89.3 Å². The third kappa shape index (κ3) is 3.86. The van der Waals surface area contributed by atoms with E-state index >= 15 is 0 Å². The normalized spacial score (nSPS) is 12.3. The van der Waals surface area contributed by atoms with Gasteiger partial charge in [-0.1, -0.05) is 6.92 Å². The molecule has 0 aliphatic heterocycles. The molecular formula is C18H22N4O3S. The Morgan fingerprint density at radius 3 is 2.96 bits per heavy atom. The Balaban J connectivity index is 1.85. The fraction of sp³-hybridized carbons (Fsp3) is 0.389. The molecule has 0 saturated carbocycles. The summed E-state index contributed by atoms with van der Waals surface area (Å²) in [5.41, 5.74) is 0.873. The first-order valence-corrected chi connectivity index (χ1v) is 9.25. The number of amides is 1. The van der Waals surface area contributed by atoms with E-state index in [0.29, 0.717) is 23.8 Å². The van der Waals surface area contributed by atoms with Crippen LogP contribution in [-0.4, -0.2) is 35.6 Å². The van der Waals surface area contributed by atoms with E-state index in [1.54, 1.807) is 13.4 Å². The molecule has 0 aromatic carbocycles. The van der Waals surface area contributed by atoms with Crippen LogP contribution in [0.4, 0.5) is 5.82 Å². The molecule has 0 radical (unpaired) electrons. The maximum Gasteiger partial charge on any atom is 0.262 e. The second-order valence-corrected chi connectivity index (χ2v) is 6.92. The number of nitrogens with zero attached hydrogens (tertiary/aromatic N) is 2. The number of hydrogen-bond donors (Lipinski definition) is 2. The van der Waals surface area contributed by atoms with E-state index in [0.717, 1.165) is 28.0 Å². The highest BCUT2D eigenvalue weighted by molar-refractivity contribution is 7.20. The van der Waals surface area contributed by atoms with Gasteiger partial charge in [0, 0.05) is 7.11 Å². The van der Waals surface area contributed by atoms with Gasteiger partial charge in [0.25, 0.3) is 5.91 Å². The van der Waals surface area contributed by atoms with Crippen LogP contribution in [0.5, 0.6) is 0 Å². The number of thiophene rings is 1. The zero-order valence-electron chi connectivity index (χ0n) is 15.0. The minimum absolute atomic E-state index is 0.0141. The molecule has 0 saturated heterocycles. The van der Waals surface area contributed by atoms with Crippen molar-refractivity contribution in [3.63, 3.8) is 0 Å². The van der Waals surface area contributed by atoms with Crippen LogP contribution in [0.3, 0.4) is 0 Å². The van der Waals surface area contributed by atoms with Crippen molar-refractivity contribution in [1.29, 1.82) is 0 Å². The minimum Gasteiger partial charge on any atom is -0.467 e. The second kappa shape index (κ2) is 8.29. The predicted molar refractivity (Wildman–Crippen MR) is 102 cm³/mol. The largest absolute Gasteiger partial charge is 0.467 e. The Kier molecular flexibility index (Phi) is 5.85. The van der Waals surface area contributed by atoms with Gasteiger partial charge in [-0.05, 0) is 31.0 Å². The Morgan fingerprint density at radius 1 is 1.42 bits per heavy atom. The number of methoxy groups -OCH3 is 1. The Morgan fingerprint density at radius 2 is 2.27 bits per heavy atom. The van der Waals surface area contributed by atoms with Gasteiger partial charge in [0.15, 0.2) is 0 Å². The molecule has 2 N–H and O–H groups in total. The number of furan rings is 1. The number of carbonyl (C=O) groups excluding carboxylic acids is 1. The summed E-state index contributed by atoms with van der Waals surface area (Å²) in [5.74, 6) is 1.41. The predicted octanol–water partition coefficient (Wildman–Crippen LogP) is 3.36. The number of aromatic nitrogens is 2. The number of ether oxygens (including phenoxy) is 1. The number of nitrogens with one attached hydrogen (secondary N) is 2. The molecular weight excluding hydrogens is 352 g/mol. The van der Waals surface area contributed by atoms with Gasteiger partial charge < -0.3 is 19.8 Å². The third-order valence-corrected chi connectivity index (χ3v) is 5.34. The van der Waals surface area contributed by atoms with Gasteiger partial charge in [-0.15, -0.1) is 11.3 Å². The molecule has 0 fully saturated rings. The molecule has 3 aromatic rings. The van der Waals surface area contributed by atoms with Gasteiger partial charge in [-0.25, -0.2) is 9.97 Å². The zero-order chi connectivity index (χ0) is 18.5. The molecule has 0 bridgehead atoms. The van der Waals surface area contributed by atoms with Crippen molar-refractivity contribution in [3.05, 3.63) is 40.9 Å². The molecule has 26 heavy (non-hydrogen) atoms. The molecule has 8 heteroatoms. The van der Waals surface area contributed by atoms with E-state index in [1.165, 1.54) is 17.7 Å². The van der Waals surface area contributed by atoms with E-state index in [2.05, 4.69) is 20.6 Å². The first-order valence-electron chi connectivity index (χ1n) is 8.44. The first-order chi connectivity index (χ1) is 12.6. The van der Waals surface area contributed by atoms with Gasteiger partial charge in [0.1, 0.15) is 22.7 Å². The minimum atomic E-state index is -0.105. The second-order valence-electron chi connectivity index (χ2n) is 5.93. The molecule has 0 aliphatic rings. The molecule has 3 aromatic heterocycles. The highest BCUT2D eigenvalue weighted by Crippen LogP contribution is 2.33. The van der Waals surface area contributed by atoms with Crippen LogP contribution in [0.25, 0.3) is 10.2 Å². The summed E-state index contributed by atoms with van der Waals surface area (Å²) in [4.78, 5) is 22.8. The van der Waals surface area contributed by atoms with Gasteiger partial charge in [-0.2, -0.15) is 0 Å². The van der Waals surface area contributed by atoms with Crippen LogP contribution in [-0.2, 0) is 11.3 Å². The van der Waals surface area contributed by atoms with Crippen LogP contribution in [0.2, 0.25) is 0 Å². The third-order valence-electron chi connectivity index (χ3n) is 4.14. The summed E-state index contributed by atoms with van der Waals surface area (Å²) in [5, 5.41) is 7.16. The maximum atomic E-state index is 12.7. The molecule has 0 unspecified atom stereocenters. The lowest BCUT2D eigenvalue weighted by Gasteiger charge is -2.15. The van der Waals surface area contributed by atoms with Crippen molar-refractivity contribution in [3.8, 4) is 0 Å². The van der Waals surface area contributed by atoms with Crippen molar-refractivity contribution in [2.45, 2.75) is 32.9 Å². The lowest BCUT2D eigenvalue weighted by molar-refractivity contribution is 0.0898. The molecule has 3 rings (SSSR count). The zero-order valence-corrected chi connectivity index (χ0v) is 15.9. The number of aryl methyl sites for hydroxylation is 1. The SMILES string of the molecule is CC[C@@H](COC)NC(=O)c1sc2ncnc(NCc3ccco3)c2c1C. The smallest absolute Gasteiger partial charge is 0.262 e. The quantitative estimate of drug-likeness (QED) is 0.628. The van der Waals surface area contributed by atoms with Gasteiger partial charge >= 0.3 is 0 Å². The van der Waals surface area contributed by atoms with Crippen LogP contribution in [0.1, 0.15) is 34.3 Å². The summed E-state index contributed by atoms with van der Waals surface area (Å²) >= 11 is 1.37. The summed E-state index contributed by atoms with van der Waals surface area (Å²) < 4.78 is 10.5. The number of rotatable bonds is 8. The monoisotopic (exact) mass is 374 g/mol. The summed E-state index contributed by atoms with van der Waals surface area (Å²) in [7, 11) is 1.63. The Labute approximate surface area is 155 Å². The highest BCUT2D eigenvalue weighted by Gasteiger charge is 2.21. The standard InChI is InChI=1S/C18H22N4O3S/c1-4-12(9-24-3)22-17(23)15-11(2)14-16(20-10-21-18(14)26-15)19-8-13-6-5-7-25-13/h5-7,10,12H,4,8-9H2,1-3H3,(H,22,23)(H,19,20,21)/t12-/m0/s1. The van der Waals surface area contributed by atoms with Crippen LogP contribution in [0.15, 0.2) is 29.1 Å². The van der Waals surface area contributed by atoms with E-state index in [4.69, 9.17) is 9.15 Å². The molecule has 0 aliphatic carbocycles. The number of anilines is 1. The summed E-state index contributed by atoms with van der Waals surface area (Å²) in [6, 6.07) is 3.72. The van der Waals surface area contributed by atoms with E-state index in [-0.39, 0.29) is 11.9 Å². The van der Waals surface area contributed by atoms with E-state index in [1.807, 2.05) is 26.0 Å². The van der Waals surface area contributed by atoms with Crippen LogP contribution < -0.4 is 10.6 Å². The molecule has 1 atom stereocenters. The average molecular weight is 374 g/mol. The van der Waals surface area contributed by atoms with Crippen molar-refractivity contribution >= 4 is 33.3 Å². The van der Waals surface area contributed by atoms with Crippen LogP contribution in [0, 0.1) is 6.92 Å². The number of fused-ring (bicyclic) bond motifs is 1. The molecule has 7 nitrogen and oxygen atoms in total. The van der Waals surface area contributed by atoms with Crippen molar-refractivity contribution in [2.24, 2.45) is 0 Å². The lowest BCUT2D eigenvalue weighted by atomic mass is 10.1. The lowest BCUT2D eigenvalue weighted by Crippen LogP contribution is -2.37. The van der Waals surface area contributed by atoms with Gasteiger partial charge in [0.2, 0.25) is 0 Å². The van der Waals surface area contributed by atoms with Crippen molar-refractivity contribution in [2.75, 3.05) is 19.0 Å². The van der Waals surface area contributed by atoms with Crippen LogP contribution >= 0.6 is 11.3 Å². The van der Waals surface area contributed by atoms with E-state index in [9.17, 15) is 4.79 Å². The maximum absolute atomic E-state index is 12.7. The Hall–Kier alpha value is -2.45. The molecule has 3 heterocycles. The van der Waals surface area contributed by atoms with Gasteiger partial charge in [-0.3, -0.25) is 4.79 Å². The Bertz CT molecular complexity index is 876. The average Bonchev–Trinajstić information content (AvgIpc) is 3.28. The molecule has 138 valence electrons. The van der Waals surface area contributed by atoms with E-state index < -0.39 is 0 Å². The summed E-state index contributed by atoms with van der Waals surface area (Å²) in [6.45, 7) is 4.94. The number of hydrogen-bond acceptors (Lipinski definition) is 7. The first kappa shape index (κ1) is 18.3. The van der Waals surface area contributed by atoms with Crippen molar-refractivity contribution in [1.82, 2.24) is 15.3 Å². The number of carbonyl (C=O) groups is 1. The molecule has 0 spiro atoms.